The first-order chi connectivity index (χ1) is 12.1. The molecule has 0 bridgehead atoms. The van der Waals surface area contributed by atoms with E-state index in [0.717, 1.165) is 17.8 Å². The fraction of sp³-hybridized carbons (Fsp3) is 0.316. The lowest BCUT2D eigenvalue weighted by Gasteiger charge is -2.39. The second-order valence-electron chi connectivity index (χ2n) is 6.30. The molecule has 1 unspecified atom stereocenters. The van der Waals surface area contributed by atoms with Crippen LogP contribution in [0.2, 0.25) is 0 Å². The molecule has 6 heteroatoms. The van der Waals surface area contributed by atoms with E-state index in [2.05, 4.69) is 4.90 Å². The van der Waals surface area contributed by atoms with Crippen LogP contribution in [-0.4, -0.2) is 36.7 Å². The van der Waals surface area contributed by atoms with E-state index in [-0.39, 0.29) is 24.6 Å². The molecule has 5 nitrogen and oxygen atoms in total. The molecule has 0 saturated carbocycles. The van der Waals surface area contributed by atoms with Crippen LogP contribution in [0, 0.1) is 5.82 Å². The second-order valence-corrected chi connectivity index (χ2v) is 6.30. The van der Waals surface area contributed by atoms with Crippen molar-refractivity contribution in [3.63, 3.8) is 0 Å². The van der Waals surface area contributed by atoms with Crippen molar-refractivity contribution in [1.82, 2.24) is 4.90 Å². The average Bonchev–Trinajstić information content (AvgIpc) is 3.09. The van der Waals surface area contributed by atoms with Crippen LogP contribution in [0.3, 0.4) is 0 Å². The number of hydrogen-bond acceptors (Lipinski definition) is 4. The van der Waals surface area contributed by atoms with Crippen molar-refractivity contribution in [2.75, 3.05) is 24.8 Å². The summed E-state index contributed by atoms with van der Waals surface area (Å²) in [7, 11) is 0. The summed E-state index contributed by atoms with van der Waals surface area (Å²) in [6.07, 6.45) is 0. The summed E-state index contributed by atoms with van der Waals surface area (Å²) < 4.78 is 23.8. The molecule has 1 fully saturated rings. The third-order valence-electron chi connectivity index (χ3n) is 4.75. The summed E-state index contributed by atoms with van der Waals surface area (Å²) in [5.74, 6) is 1.18. The summed E-state index contributed by atoms with van der Waals surface area (Å²) in [6, 6.07) is 11.7. The van der Waals surface area contributed by atoms with Gasteiger partial charge in [0.1, 0.15) is 5.82 Å². The Bertz CT molecular complexity index is 794. The Morgan fingerprint density at radius 1 is 1.08 bits per heavy atom. The van der Waals surface area contributed by atoms with Gasteiger partial charge in [-0.3, -0.25) is 9.69 Å². The number of benzene rings is 2. The van der Waals surface area contributed by atoms with Crippen LogP contribution in [0.1, 0.15) is 12.5 Å². The molecule has 4 rings (SSSR count). The molecule has 1 saturated heterocycles. The van der Waals surface area contributed by atoms with E-state index in [1.54, 1.807) is 17.0 Å². The highest BCUT2D eigenvalue weighted by Crippen LogP contribution is 2.36. The molecular weight excluding hydrogens is 323 g/mol. The molecule has 0 radical (unpaired) electrons. The summed E-state index contributed by atoms with van der Waals surface area (Å²) in [6.45, 7) is 4.10. The van der Waals surface area contributed by atoms with Crippen LogP contribution in [0.25, 0.3) is 0 Å². The smallest absolute Gasteiger partial charge is 0.244 e. The average molecular weight is 342 g/mol. The fourth-order valence-corrected chi connectivity index (χ4v) is 3.26. The number of hydrogen-bond donors (Lipinski definition) is 0. The molecule has 0 spiro atoms. The van der Waals surface area contributed by atoms with Crippen LogP contribution in [-0.2, 0) is 11.3 Å². The van der Waals surface area contributed by atoms with Gasteiger partial charge >= 0.3 is 0 Å². The minimum absolute atomic E-state index is 0.0484. The number of halogens is 1. The van der Waals surface area contributed by atoms with Gasteiger partial charge in [-0.25, -0.2) is 4.39 Å². The maximum atomic E-state index is 13.0. The molecule has 130 valence electrons. The highest BCUT2D eigenvalue weighted by Gasteiger charge is 2.32. The third-order valence-corrected chi connectivity index (χ3v) is 4.75. The molecule has 2 aliphatic rings. The summed E-state index contributed by atoms with van der Waals surface area (Å²) >= 11 is 0. The zero-order valence-electron chi connectivity index (χ0n) is 13.9. The molecular formula is C19H19FN2O3. The number of anilines is 1. The van der Waals surface area contributed by atoms with Crippen LogP contribution in [0.15, 0.2) is 42.5 Å². The molecule has 2 aromatic carbocycles. The normalized spacial score (nSPS) is 20.2. The Labute approximate surface area is 145 Å². The zero-order valence-corrected chi connectivity index (χ0v) is 13.9. The van der Waals surface area contributed by atoms with Crippen molar-refractivity contribution in [2.45, 2.75) is 19.5 Å². The number of carbonyl (C=O) groups excluding carboxylic acids is 1. The van der Waals surface area contributed by atoms with Gasteiger partial charge < -0.3 is 14.4 Å². The number of nitrogens with zero attached hydrogens (tertiary/aromatic N) is 2. The SMILES string of the molecule is CC1C(=O)N(c2ccc3c(c2)OCO3)CCN1Cc1ccc(F)cc1. The van der Waals surface area contributed by atoms with Crippen LogP contribution < -0.4 is 14.4 Å². The van der Waals surface area contributed by atoms with E-state index in [4.69, 9.17) is 9.47 Å². The van der Waals surface area contributed by atoms with Crippen LogP contribution >= 0.6 is 0 Å². The lowest BCUT2D eigenvalue weighted by molar-refractivity contribution is -0.125. The van der Waals surface area contributed by atoms with Gasteiger partial charge in [0.15, 0.2) is 11.5 Å². The molecule has 0 N–H and O–H groups in total. The Balaban J connectivity index is 1.48. The maximum Gasteiger partial charge on any atom is 0.244 e. The lowest BCUT2D eigenvalue weighted by atomic mass is 10.1. The standard InChI is InChI=1S/C19H19FN2O3/c1-13-19(23)22(16-6-7-17-18(10-16)25-12-24-17)9-8-21(13)11-14-2-4-15(20)5-3-14/h2-7,10,13H,8-9,11-12H2,1H3. The lowest BCUT2D eigenvalue weighted by Crippen LogP contribution is -2.55. The third kappa shape index (κ3) is 3.05. The van der Waals surface area contributed by atoms with E-state index >= 15 is 0 Å². The zero-order chi connectivity index (χ0) is 17.4. The quantitative estimate of drug-likeness (QED) is 0.860. The van der Waals surface area contributed by atoms with E-state index in [1.807, 2.05) is 25.1 Å². The molecule has 25 heavy (non-hydrogen) atoms. The van der Waals surface area contributed by atoms with Gasteiger partial charge in [-0.15, -0.1) is 0 Å². The number of piperazine rings is 1. The minimum atomic E-state index is -0.250. The van der Waals surface area contributed by atoms with Crippen molar-refractivity contribution in [3.05, 3.63) is 53.8 Å². The topological polar surface area (TPSA) is 42.0 Å². The predicted molar refractivity (Wildman–Crippen MR) is 91.2 cm³/mol. The van der Waals surface area contributed by atoms with E-state index in [0.29, 0.717) is 24.6 Å². The van der Waals surface area contributed by atoms with Gasteiger partial charge in [-0.05, 0) is 36.8 Å². The molecule has 0 aromatic heterocycles. The largest absolute Gasteiger partial charge is 0.454 e. The minimum Gasteiger partial charge on any atom is -0.454 e. The fourth-order valence-electron chi connectivity index (χ4n) is 3.26. The number of carbonyl (C=O) groups is 1. The molecule has 1 amide bonds. The van der Waals surface area contributed by atoms with Gasteiger partial charge in [-0.2, -0.15) is 0 Å². The van der Waals surface area contributed by atoms with Crippen LogP contribution in [0.5, 0.6) is 11.5 Å². The number of rotatable bonds is 3. The van der Waals surface area contributed by atoms with Crippen LogP contribution in [0.4, 0.5) is 10.1 Å². The first-order valence-electron chi connectivity index (χ1n) is 8.31. The van der Waals surface area contributed by atoms with E-state index < -0.39 is 0 Å². The molecule has 2 aliphatic heterocycles. The highest BCUT2D eigenvalue weighted by molar-refractivity contribution is 5.98. The van der Waals surface area contributed by atoms with Crippen molar-refractivity contribution in [2.24, 2.45) is 0 Å². The monoisotopic (exact) mass is 342 g/mol. The molecule has 2 aromatic rings. The first-order valence-corrected chi connectivity index (χ1v) is 8.31. The molecule has 2 heterocycles. The van der Waals surface area contributed by atoms with Gasteiger partial charge in [0.2, 0.25) is 12.7 Å². The first kappa shape index (κ1) is 15.9. The highest BCUT2D eigenvalue weighted by atomic mass is 19.1. The van der Waals surface area contributed by atoms with Crippen molar-refractivity contribution in [1.29, 1.82) is 0 Å². The second kappa shape index (κ2) is 6.37. The van der Waals surface area contributed by atoms with Crippen molar-refractivity contribution >= 4 is 11.6 Å². The van der Waals surface area contributed by atoms with E-state index in [9.17, 15) is 9.18 Å². The Morgan fingerprint density at radius 3 is 2.64 bits per heavy atom. The molecule has 1 atom stereocenters. The number of ether oxygens (including phenoxy) is 2. The number of amides is 1. The van der Waals surface area contributed by atoms with Gasteiger partial charge in [0.25, 0.3) is 0 Å². The van der Waals surface area contributed by atoms with Gasteiger partial charge in [0.05, 0.1) is 6.04 Å². The predicted octanol–water partition coefficient (Wildman–Crippen LogP) is 2.79. The van der Waals surface area contributed by atoms with Crippen molar-refractivity contribution < 1.29 is 18.7 Å². The Morgan fingerprint density at radius 2 is 1.84 bits per heavy atom. The molecule has 0 aliphatic carbocycles. The van der Waals surface area contributed by atoms with Gasteiger partial charge in [0, 0.05) is 31.4 Å². The summed E-state index contributed by atoms with van der Waals surface area (Å²) in [4.78, 5) is 16.7. The van der Waals surface area contributed by atoms with E-state index in [1.165, 1.54) is 12.1 Å². The summed E-state index contributed by atoms with van der Waals surface area (Å²) in [5, 5.41) is 0. The summed E-state index contributed by atoms with van der Waals surface area (Å²) in [5.41, 5.74) is 1.82. The Kier molecular flexibility index (Phi) is 4.05. The maximum absolute atomic E-state index is 13.0. The van der Waals surface area contributed by atoms with Crippen molar-refractivity contribution in [3.8, 4) is 11.5 Å². The Hall–Kier alpha value is -2.60. The van der Waals surface area contributed by atoms with Gasteiger partial charge in [-0.1, -0.05) is 12.1 Å². The number of fused-ring (bicyclic) bond motifs is 1.